The molecular weight excluding hydrogens is 256 g/mol. The molecule has 3 nitrogen and oxygen atoms in total. The Labute approximate surface area is 109 Å². The van der Waals surface area contributed by atoms with E-state index in [1.807, 2.05) is 24.3 Å². The lowest BCUT2D eigenvalue weighted by Crippen LogP contribution is -1.88. The van der Waals surface area contributed by atoms with Crippen LogP contribution in [0.4, 0.5) is 5.69 Å². The average Bonchev–Trinajstić information content (AvgIpc) is 2.34. The van der Waals surface area contributed by atoms with Gasteiger partial charge in [0.25, 0.3) is 0 Å². The van der Waals surface area contributed by atoms with Gasteiger partial charge in [-0.15, -0.1) is 0 Å². The average molecular weight is 267 g/mol. The minimum Gasteiger partial charge on any atom is -0.497 e. The van der Waals surface area contributed by atoms with Gasteiger partial charge in [0.15, 0.2) is 0 Å². The summed E-state index contributed by atoms with van der Waals surface area (Å²) in [6.45, 7) is 0. The minimum absolute atomic E-state index is 0.561. The summed E-state index contributed by atoms with van der Waals surface area (Å²) in [5, 5.41) is 1.30. The molecule has 1 aromatic carbocycles. The summed E-state index contributed by atoms with van der Waals surface area (Å²) >= 11 is 7.54. The van der Waals surface area contributed by atoms with E-state index >= 15 is 0 Å². The summed E-state index contributed by atoms with van der Waals surface area (Å²) in [6, 6.07) is 9.40. The van der Waals surface area contributed by atoms with Crippen LogP contribution >= 0.6 is 23.4 Å². The van der Waals surface area contributed by atoms with Gasteiger partial charge in [0.2, 0.25) is 0 Å². The largest absolute Gasteiger partial charge is 0.497 e. The second-order valence-corrected chi connectivity index (χ2v) is 4.80. The van der Waals surface area contributed by atoms with Crippen molar-refractivity contribution in [3.63, 3.8) is 0 Å². The fraction of sp³-hybridized carbons (Fsp3) is 0.0833. The maximum Gasteiger partial charge on any atom is 0.120 e. The Balaban J connectivity index is 2.19. The normalized spacial score (nSPS) is 10.2. The number of methoxy groups -OCH3 is 1. The van der Waals surface area contributed by atoms with E-state index in [1.54, 1.807) is 19.4 Å². The van der Waals surface area contributed by atoms with Gasteiger partial charge in [0.1, 0.15) is 10.8 Å². The van der Waals surface area contributed by atoms with E-state index in [2.05, 4.69) is 4.98 Å². The number of rotatable bonds is 3. The lowest BCUT2D eigenvalue weighted by Gasteiger charge is -2.05. The third-order valence-electron chi connectivity index (χ3n) is 2.10. The van der Waals surface area contributed by atoms with Crippen LogP contribution in [-0.4, -0.2) is 12.1 Å². The van der Waals surface area contributed by atoms with Crippen molar-refractivity contribution < 1.29 is 4.74 Å². The van der Waals surface area contributed by atoms with Crippen LogP contribution in [0.3, 0.4) is 0 Å². The topological polar surface area (TPSA) is 48.1 Å². The van der Waals surface area contributed by atoms with E-state index in [-0.39, 0.29) is 0 Å². The highest BCUT2D eigenvalue weighted by atomic mass is 35.5. The van der Waals surface area contributed by atoms with Gasteiger partial charge in [-0.25, -0.2) is 4.98 Å². The number of hydrogen-bond acceptors (Lipinski definition) is 4. The second kappa shape index (κ2) is 5.29. The number of nitrogen functional groups attached to an aromatic ring is 1. The molecule has 0 unspecified atom stereocenters. The number of anilines is 1. The number of benzene rings is 1. The third kappa shape index (κ3) is 3.05. The standard InChI is InChI=1S/C12H11ClN2OS/c1-16-9-2-4-10(5-3-9)17-12-11(13)6-8(14)7-15-12/h2-7H,14H2,1H3. The van der Waals surface area contributed by atoms with Crippen LogP contribution in [0.25, 0.3) is 0 Å². The zero-order chi connectivity index (χ0) is 12.3. The first-order valence-electron chi connectivity index (χ1n) is 4.92. The van der Waals surface area contributed by atoms with Crippen LogP contribution in [-0.2, 0) is 0 Å². The maximum absolute atomic E-state index is 6.05. The summed E-state index contributed by atoms with van der Waals surface area (Å²) in [5.74, 6) is 0.825. The van der Waals surface area contributed by atoms with Crippen molar-refractivity contribution >= 4 is 29.1 Å². The van der Waals surface area contributed by atoms with Gasteiger partial charge >= 0.3 is 0 Å². The Bertz CT molecular complexity index is 516. The Morgan fingerprint density at radius 3 is 2.59 bits per heavy atom. The number of nitrogens with zero attached hydrogens (tertiary/aromatic N) is 1. The number of aromatic nitrogens is 1. The number of pyridine rings is 1. The molecule has 0 bridgehead atoms. The fourth-order valence-corrected chi connectivity index (χ4v) is 2.32. The van der Waals surface area contributed by atoms with Crippen molar-refractivity contribution in [2.75, 3.05) is 12.8 Å². The summed E-state index contributed by atoms with van der Waals surface area (Å²) in [5.41, 5.74) is 6.15. The predicted molar refractivity (Wildman–Crippen MR) is 70.8 cm³/mol. The molecule has 0 saturated carbocycles. The van der Waals surface area contributed by atoms with Crippen LogP contribution in [0, 0.1) is 0 Å². The molecule has 88 valence electrons. The third-order valence-corrected chi connectivity index (χ3v) is 3.53. The van der Waals surface area contributed by atoms with E-state index in [4.69, 9.17) is 22.1 Å². The molecule has 0 spiro atoms. The summed E-state index contributed by atoms with van der Waals surface area (Å²) < 4.78 is 5.09. The van der Waals surface area contributed by atoms with Gasteiger partial charge < -0.3 is 10.5 Å². The molecule has 1 heterocycles. The van der Waals surface area contributed by atoms with Crippen LogP contribution < -0.4 is 10.5 Å². The van der Waals surface area contributed by atoms with Crippen LogP contribution in [0.2, 0.25) is 5.02 Å². The highest BCUT2D eigenvalue weighted by molar-refractivity contribution is 7.99. The number of ether oxygens (including phenoxy) is 1. The van der Waals surface area contributed by atoms with E-state index in [0.29, 0.717) is 10.7 Å². The molecule has 0 fully saturated rings. The SMILES string of the molecule is COc1ccc(Sc2ncc(N)cc2Cl)cc1. The van der Waals surface area contributed by atoms with Crippen molar-refractivity contribution in [2.24, 2.45) is 0 Å². The van der Waals surface area contributed by atoms with Crippen LogP contribution in [0.15, 0.2) is 46.5 Å². The molecule has 0 amide bonds. The Hall–Kier alpha value is -1.39. The molecule has 5 heteroatoms. The van der Waals surface area contributed by atoms with Crippen molar-refractivity contribution in [2.45, 2.75) is 9.92 Å². The highest BCUT2D eigenvalue weighted by Crippen LogP contribution is 2.32. The molecular formula is C12H11ClN2OS. The molecule has 1 aromatic heterocycles. The monoisotopic (exact) mass is 266 g/mol. The van der Waals surface area contributed by atoms with Crippen molar-refractivity contribution in [3.8, 4) is 5.75 Å². The Morgan fingerprint density at radius 1 is 1.29 bits per heavy atom. The summed E-state index contributed by atoms with van der Waals surface area (Å²) in [6.07, 6.45) is 1.59. The predicted octanol–water partition coefficient (Wildman–Crippen LogP) is 3.48. The summed E-state index contributed by atoms with van der Waals surface area (Å²) in [7, 11) is 1.64. The fourth-order valence-electron chi connectivity index (χ4n) is 1.27. The van der Waals surface area contributed by atoms with Gasteiger partial charge in [-0.3, -0.25) is 0 Å². The lowest BCUT2D eigenvalue weighted by atomic mass is 10.3. The van der Waals surface area contributed by atoms with Gasteiger partial charge in [-0.1, -0.05) is 23.4 Å². The van der Waals surface area contributed by atoms with Gasteiger partial charge in [-0.2, -0.15) is 0 Å². The molecule has 0 radical (unpaired) electrons. The zero-order valence-electron chi connectivity index (χ0n) is 9.18. The van der Waals surface area contributed by atoms with E-state index in [0.717, 1.165) is 15.7 Å². The zero-order valence-corrected chi connectivity index (χ0v) is 10.8. The van der Waals surface area contributed by atoms with Crippen molar-refractivity contribution in [1.82, 2.24) is 4.98 Å². The highest BCUT2D eigenvalue weighted by Gasteiger charge is 2.05. The molecule has 17 heavy (non-hydrogen) atoms. The van der Waals surface area contributed by atoms with Crippen LogP contribution in [0.1, 0.15) is 0 Å². The first kappa shape index (κ1) is 12.1. The first-order valence-corrected chi connectivity index (χ1v) is 6.11. The second-order valence-electron chi connectivity index (χ2n) is 3.33. The van der Waals surface area contributed by atoms with Crippen LogP contribution in [0.5, 0.6) is 5.75 Å². The van der Waals surface area contributed by atoms with Gasteiger partial charge in [-0.05, 0) is 30.3 Å². The molecule has 2 rings (SSSR count). The minimum atomic E-state index is 0.561. The molecule has 0 aliphatic carbocycles. The maximum atomic E-state index is 6.05. The first-order chi connectivity index (χ1) is 8.19. The molecule has 2 N–H and O–H groups in total. The molecule has 0 saturated heterocycles. The van der Waals surface area contributed by atoms with Gasteiger partial charge in [0, 0.05) is 4.90 Å². The number of halogens is 1. The quantitative estimate of drug-likeness (QED) is 0.924. The van der Waals surface area contributed by atoms with E-state index in [9.17, 15) is 0 Å². The smallest absolute Gasteiger partial charge is 0.120 e. The Morgan fingerprint density at radius 2 is 2.00 bits per heavy atom. The molecule has 2 aromatic rings. The summed E-state index contributed by atoms with van der Waals surface area (Å²) in [4.78, 5) is 5.24. The molecule has 0 atom stereocenters. The lowest BCUT2D eigenvalue weighted by molar-refractivity contribution is 0.414. The van der Waals surface area contributed by atoms with Crippen molar-refractivity contribution in [3.05, 3.63) is 41.6 Å². The Kier molecular flexibility index (Phi) is 3.76. The van der Waals surface area contributed by atoms with E-state index < -0.39 is 0 Å². The number of hydrogen-bond donors (Lipinski definition) is 1. The number of nitrogens with two attached hydrogens (primary N) is 1. The molecule has 0 aliphatic rings. The molecule has 0 aliphatic heterocycles. The van der Waals surface area contributed by atoms with Gasteiger partial charge in [0.05, 0.1) is 24.0 Å². The van der Waals surface area contributed by atoms with Crippen molar-refractivity contribution in [1.29, 1.82) is 0 Å². The van der Waals surface area contributed by atoms with E-state index in [1.165, 1.54) is 11.8 Å².